The van der Waals surface area contributed by atoms with E-state index in [2.05, 4.69) is 46.1 Å². The van der Waals surface area contributed by atoms with E-state index in [0.29, 0.717) is 18.5 Å². The molecule has 0 unspecified atom stereocenters. The summed E-state index contributed by atoms with van der Waals surface area (Å²) in [7, 11) is 0. The number of fused-ring (bicyclic) bond motifs is 1. The molecule has 0 N–H and O–H groups in total. The number of rotatable bonds is 2. The number of nitrogens with zero attached hydrogens (tertiary/aromatic N) is 3. The lowest BCUT2D eigenvalue weighted by atomic mass is 10.0. The van der Waals surface area contributed by atoms with Gasteiger partial charge in [-0.2, -0.15) is 4.98 Å². The maximum absolute atomic E-state index is 6.18. The Morgan fingerprint density at radius 3 is 2.61 bits per heavy atom. The molecule has 0 amide bonds. The van der Waals surface area contributed by atoms with Crippen molar-refractivity contribution >= 4 is 39.0 Å². The number of ether oxygens (including phenoxy) is 1. The molecule has 2 aromatic heterocycles. The second kappa shape index (κ2) is 6.07. The van der Waals surface area contributed by atoms with Crippen LogP contribution in [0.3, 0.4) is 0 Å². The minimum atomic E-state index is 0.305. The van der Waals surface area contributed by atoms with E-state index in [1.807, 2.05) is 6.07 Å². The van der Waals surface area contributed by atoms with Gasteiger partial charge in [0.15, 0.2) is 0 Å². The molecule has 0 spiro atoms. The van der Waals surface area contributed by atoms with Gasteiger partial charge in [0, 0.05) is 23.5 Å². The Morgan fingerprint density at radius 1 is 1.13 bits per heavy atom. The number of aromatic nitrogens is 2. The molecule has 3 heterocycles. The topological polar surface area (TPSA) is 38.2 Å². The van der Waals surface area contributed by atoms with Crippen LogP contribution >= 0.6 is 22.9 Å². The number of hydrogen-bond acceptors (Lipinski definition) is 5. The molecule has 0 bridgehead atoms. The Hall–Kier alpha value is -1.69. The number of benzene rings is 1. The van der Waals surface area contributed by atoms with Gasteiger partial charge in [-0.05, 0) is 24.1 Å². The van der Waals surface area contributed by atoms with Crippen LogP contribution in [0.15, 0.2) is 30.3 Å². The summed E-state index contributed by atoms with van der Waals surface area (Å²) >= 11 is 7.85. The predicted octanol–water partition coefficient (Wildman–Crippen LogP) is 4.16. The van der Waals surface area contributed by atoms with Crippen LogP contribution in [-0.4, -0.2) is 36.3 Å². The highest BCUT2D eigenvalue weighted by atomic mass is 35.5. The number of hydrogen-bond donors (Lipinski definition) is 0. The first-order valence-corrected chi connectivity index (χ1v) is 8.78. The van der Waals surface area contributed by atoms with Crippen molar-refractivity contribution in [2.24, 2.45) is 0 Å². The molecular formula is C17H16ClN3OS. The molecule has 23 heavy (non-hydrogen) atoms. The van der Waals surface area contributed by atoms with E-state index in [4.69, 9.17) is 16.3 Å². The zero-order chi connectivity index (χ0) is 15.8. The van der Waals surface area contributed by atoms with Gasteiger partial charge in [0.05, 0.1) is 18.6 Å². The number of thiophene rings is 1. The fraction of sp³-hybridized carbons (Fsp3) is 0.294. The fourth-order valence-corrected chi connectivity index (χ4v) is 4.28. The van der Waals surface area contributed by atoms with E-state index < -0.39 is 0 Å². The summed E-state index contributed by atoms with van der Waals surface area (Å²) in [4.78, 5) is 13.4. The van der Waals surface area contributed by atoms with Gasteiger partial charge in [0.25, 0.3) is 0 Å². The van der Waals surface area contributed by atoms with Gasteiger partial charge in [0.2, 0.25) is 5.28 Å². The molecular weight excluding hydrogens is 330 g/mol. The summed E-state index contributed by atoms with van der Waals surface area (Å²) < 4.78 is 5.47. The van der Waals surface area contributed by atoms with Gasteiger partial charge in [-0.1, -0.05) is 30.3 Å². The SMILES string of the molecule is Cc1sc2nc(Cl)nc(N3CCOCC3)c2c1-c1ccccc1. The third-order valence-electron chi connectivity index (χ3n) is 4.05. The van der Waals surface area contributed by atoms with Crippen molar-refractivity contribution in [2.45, 2.75) is 6.92 Å². The number of halogens is 1. The molecule has 1 aromatic carbocycles. The Morgan fingerprint density at radius 2 is 1.87 bits per heavy atom. The molecule has 1 saturated heterocycles. The van der Waals surface area contributed by atoms with Crippen molar-refractivity contribution in [2.75, 3.05) is 31.2 Å². The van der Waals surface area contributed by atoms with Crippen molar-refractivity contribution in [3.63, 3.8) is 0 Å². The Bertz CT molecular complexity index is 844. The summed E-state index contributed by atoms with van der Waals surface area (Å²) in [6, 6.07) is 10.4. The molecule has 118 valence electrons. The second-order valence-electron chi connectivity index (χ2n) is 5.50. The highest BCUT2D eigenvalue weighted by molar-refractivity contribution is 7.19. The zero-order valence-electron chi connectivity index (χ0n) is 12.8. The van der Waals surface area contributed by atoms with Crippen LogP contribution in [0.25, 0.3) is 21.3 Å². The maximum atomic E-state index is 6.18. The van der Waals surface area contributed by atoms with Crippen LogP contribution in [0.1, 0.15) is 4.88 Å². The lowest BCUT2D eigenvalue weighted by Crippen LogP contribution is -2.37. The lowest BCUT2D eigenvalue weighted by Gasteiger charge is -2.28. The molecule has 1 aliphatic heterocycles. The Kier molecular flexibility index (Phi) is 3.93. The van der Waals surface area contributed by atoms with E-state index in [0.717, 1.165) is 29.1 Å². The van der Waals surface area contributed by atoms with E-state index in [1.54, 1.807) is 11.3 Å². The molecule has 4 nitrogen and oxygen atoms in total. The smallest absolute Gasteiger partial charge is 0.225 e. The average Bonchev–Trinajstić information content (AvgIpc) is 2.91. The van der Waals surface area contributed by atoms with Gasteiger partial charge >= 0.3 is 0 Å². The molecule has 1 aliphatic rings. The monoisotopic (exact) mass is 345 g/mol. The average molecular weight is 346 g/mol. The van der Waals surface area contributed by atoms with Crippen LogP contribution in [-0.2, 0) is 4.74 Å². The standard InChI is InChI=1S/C17H16ClN3OS/c1-11-13(12-5-3-2-4-6-12)14-15(21-7-9-22-10-8-21)19-17(18)20-16(14)23-11/h2-6H,7-10H2,1H3. The molecule has 1 fully saturated rings. The van der Waals surface area contributed by atoms with Gasteiger partial charge in [-0.15, -0.1) is 11.3 Å². The summed E-state index contributed by atoms with van der Waals surface area (Å²) in [5, 5.41) is 1.41. The van der Waals surface area contributed by atoms with E-state index in [-0.39, 0.29) is 0 Å². The number of anilines is 1. The molecule has 0 saturated carbocycles. The van der Waals surface area contributed by atoms with E-state index >= 15 is 0 Å². The van der Waals surface area contributed by atoms with Crippen LogP contribution in [0.2, 0.25) is 5.28 Å². The first-order valence-electron chi connectivity index (χ1n) is 7.59. The molecule has 6 heteroatoms. The Labute approximate surface area is 143 Å². The number of morpholine rings is 1. The highest BCUT2D eigenvalue weighted by Crippen LogP contribution is 2.42. The lowest BCUT2D eigenvalue weighted by molar-refractivity contribution is 0.122. The first-order chi connectivity index (χ1) is 11.2. The van der Waals surface area contributed by atoms with Crippen LogP contribution < -0.4 is 4.90 Å². The predicted molar refractivity (Wildman–Crippen MR) is 95.6 cm³/mol. The maximum Gasteiger partial charge on any atom is 0.225 e. The number of aryl methyl sites for hydroxylation is 1. The van der Waals surface area contributed by atoms with Crippen molar-refractivity contribution < 1.29 is 4.74 Å². The zero-order valence-corrected chi connectivity index (χ0v) is 14.3. The third kappa shape index (κ3) is 2.69. The third-order valence-corrected chi connectivity index (χ3v) is 5.22. The summed E-state index contributed by atoms with van der Waals surface area (Å²) in [6.45, 7) is 5.21. The quantitative estimate of drug-likeness (QED) is 0.654. The molecule has 0 aliphatic carbocycles. The van der Waals surface area contributed by atoms with Crippen molar-refractivity contribution in [1.29, 1.82) is 0 Å². The largest absolute Gasteiger partial charge is 0.378 e. The van der Waals surface area contributed by atoms with Crippen LogP contribution in [0.4, 0.5) is 5.82 Å². The minimum Gasteiger partial charge on any atom is -0.378 e. The first kappa shape index (κ1) is 14.9. The molecule has 0 atom stereocenters. The van der Waals surface area contributed by atoms with E-state index in [1.165, 1.54) is 16.0 Å². The minimum absolute atomic E-state index is 0.305. The van der Waals surface area contributed by atoms with Crippen LogP contribution in [0, 0.1) is 6.92 Å². The van der Waals surface area contributed by atoms with Crippen molar-refractivity contribution in [3.8, 4) is 11.1 Å². The molecule has 4 rings (SSSR count). The fourth-order valence-electron chi connectivity index (χ4n) is 3.02. The van der Waals surface area contributed by atoms with Crippen molar-refractivity contribution in [3.05, 3.63) is 40.5 Å². The normalized spacial score (nSPS) is 15.3. The van der Waals surface area contributed by atoms with Gasteiger partial charge in [0.1, 0.15) is 10.6 Å². The highest BCUT2D eigenvalue weighted by Gasteiger charge is 2.22. The van der Waals surface area contributed by atoms with Crippen molar-refractivity contribution in [1.82, 2.24) is 9.97 Å². The van der Waals surface area contributed by atoms with Crippen LogP contribution in [0.5, 0.6) is 0 Å². The van der Waals surface area contributed by atoms with Gasteiger partial charge in [-0.3, -0.25) is 0 Å². The molecule has 3 aromatic rings. The van der Waals surface area contributed by atoms with Gasteiger partial charge in [-0.25, -0.2) is 4.98 Å². The summed E-state index contributed by atoms with van der Waals surface area (Å²) in [6.07, 6.45) is 0. The summed E-state index contributed by atoms with van der Waals surface area (Å²) in [5.41, 5.74) is 2.40. The van der Waals surface area contributed by atoms with E-state index in [9.17, 15) is 0 Å². The second-order valence-corrected chi connectivity index (χ2v) is 7.04. The Balaban J connectivity index is 1.98. The summed E-state index contributed by atoms with van der Waals surface area (Å²) in [5.74, 6) is 0.923. The molecule has 0 radical (unpaired) electrons. The van der Waals surface area contributed by atoms with Gasteiger partial charge < -0.3 is 9.64 Å².